The Bertz CT molecular complexity index is 844. The van der Waals surface area contributed by atoms with Crippen LogP contribution >= 0.6 is 0 Å². The summed E-state index contributed by atoms with van der Waals surface area (Å²) < 4.78 is 34.7. The molecule has 2 heterocycles. The van der Waals surface area contributed by atoms with Crippen LogP contribution in [0.25, 0.3) is 0 Å². The minimum absolute atomic E-state index is 0.0257. The number of nitrogens with zero attached hydrogens (tertiary/aromatic N) is 2. The van der Waals surface area contributed by atoms with Crippen LogP contribution in [0.1, 0.15) is 18.4 Å². The Labute approximate surface area is 165 Å². The van der Waals surface area contributed by atoms with Gasteiger partial charge in [0.25, 0.3) is 0 Å². The maximum atomic E-state index is 14.8. The number of hydrogen-bond acceptors (Lipinski definition) is 5. The smallest absolute Gasteiger partial charge is 0.414 e. The molecule has 2 saturated heterocycles. The number of likely N-dealkylation sites (tertiary alicyclic amines) is 1. The number of benzene rings is 1. The first kappa shape index (κ1) is 19.6. The number of nitrogens with one attached hydrogen (secondary N) is 1. The number of aliphatic hydroxyl groups is 1. The number of cyclic esters (lactones) is 1. The van der Waals surface area contributed by atoms with Crippen LogP contribution in [0.15, 0.2) is 12.1 Å². The quantitative estimate of drug-likeness (QED) is 0.742. The molecule has 4 atom stereocenters. The molecule has 1 aliphatic carbocycles. The minimum atomic E-state index is -0.738. The van der Waals surface area contributed by atoms with Crippen LogP contribution in [0, 0.1) is 23.5 Å². The van der Waals surface area contributed by atoms with Gasteiger partial charge in [0.15, 0.2) is 0 Å². The summed E-state index contributed by atoms with van der Waals surface area (Å²) in [4.78, 5) is 37.2. The van der Waals surface area contributed by atoms with E-state index in [9.17, 15) is 23.2 Å². The predicted octanol–water partition coefficient (Wildman–Crippen LogP) is 0.590. The highest BCUT2D eigenvalue weighted by Crippen LogP contribution is 2.59. The van der Waals surface area contributed by atoms with Gasteiger partial charge in [-0.2, -0.15) is 0 Å². The third kappa shape index (κ3) is 3.52. The molecule has 3 aliphatic rings. The van der Waals surface area contributed by atoms with Crippen LogP contribution < -0.4 is 10.2 Å². The van der Waals surface area contributed by atoms with Gasteiger partial charge in [0.05, 0.1) is 18.8 Å². The normalized spacial score (nSPS) is 27.7. The topological polar surface area (TPSA) is 99.2 Å². The van der Waals surface area contributed by atoms with Crippen molar-refractivity contribution < 1.29 is 33.0 Å². The van der Waals surface area contributed by atoms with Gasteiger partial charge >= 0.3 is 6.09 Å². The number of amides is 3. The lowest BCUT2D eigenvalue weighted by molar-refractivity contribution is -0.133. The first-order valence-corrected chi connectivity index (χ1v) is 9.40. The van der Waals surface area contributed by atoms with E-state index >= 15 is 0 Å². The van der Waals surface area contributed by atoms with Gasteiger partial charge < -0.3 is 20.1 Å². The van der Waals surface area contributed by atoms with E-state index in [2.05, 4.69) is 5.32 Å². The fraction of sp³-hybridized carbons (Fsp3) is 0.526. The second kappa shape index (κ2) is 7.25. The van der Waals surface area contributed by atoms with E-state index in [1.807, 2.05) is 0 Å². The molecule has 1 aromatic carbocycles. The molecule has 8 nitrogen and oxygen atoms in total. The second-order valence-corrected chi connectivity index (χ2v) is 7.69. The molecule has 10 heteroatoms. The molecular weight excluding hydrogens is 388 g/mol. The van der Waals surface area contributed by atoms with Crippen LogP contribution in [-0.4, -0.2) is 66.8 Å². The van der Waals surface area contributed by atoms with Crippen molar-refractivity contribution in [2.24, 2.45) is 11.8 Å². The molecule has 1 aromatic rings. The van der Waals surface area contributed by atoms with Gasteiger partial charge in [-0.05, 0) is 29.9 Å². The molecule has 29 heavy (non-hydrogen) atoms. The number of hydrogen-bond donors (Lipinski definition) is 2. The zero-order chi connectivity index (χ0) is 20.9. The lowest BCUT2D eigenvalue weighted by Gasteiger charge is -2.20. The number of carbonyl (C=O) groups excluding carboxylic acids is 3. The van der Waals surface area contributed by atoms with E-state index in [1.54, 1.807) is 0 Å². The fourth-order valence-electron chi connectivity index (χ4n) is 4.40. The monoisotopic (exact) mass is 409 g/mol. The molecule has 0 aromatic heterocycles. The highest BCUT2D eigenvalue weighted by molar-refractivity contribution is 5.90. The van der Waals surface area contributed by atoms with Gasteiger partial charge in [0.1, 0.15) is 24.3 Å². The fourth-order valence-corrected chi connectivity index (χ4v) is 4.40. The van der Waals surface area contributed by atoms with Gasteiger partial charge in [-0.15, -0.1) is 0 Å². The van der Waals surface area contributed by atoms with E-state index in [0.29, 0.717) is 13.1 Å². The first-order chi connectivity index (χ1) is 13.8. The van der Waals surface area contributed by atoms with Crippen LogP contribution in [0.5, 0.6) is 0 Å². The van der Waals surface area contributed by atoms with Crippen LogP contribution in [0.2, 0.25) is 0 Å². The summed E-state index contributed by atoms with van der Waals surface area (Å²) in [5.74, 6) is -2.50. The number of carbonyl (C=O) groups is 3. The summed E-state index contributed by atoms with van der Waals surface area (Å²) in [6, 6.07) is 2.23. The third-order valence-electron chi connectivity index (χ3n) is 5.84. The highest BCUT2D eigenvalue weighted by Gasteiger charge is 2.58. The van der Waals surface area contributed by atoms with Crippen molar-refractivity contribution in [3.8, 4) is 0 Å². The van der Waals surface area contributed by atoms with Gasteiger partial charge in [-0.1, -0.05) is 0 Å². The molecule has 4 rings (SSSR count). The van der Waals surface area contributed by atoms with E-state index < -0.39 is 30.4 Å². The number of ether oxygens (including phenoxy) is 1. The predicted molar refractivity (Wildman–Crippen MR) is 96.0 cm³/mol. The molecule has 0 unspecified atom stereocenters. The molecule has 2 N–H and O–H groups in total. The van der Waals surface area contributed by atoms with Gasteiger partial charge in [-0.25, -0.2) is 13.6 Å². The Kier molecular flexibility index (Phi) is 4.89. The molecule has 1 saturated carbocycles. The van der Waals surface area contributed by atoms with E-state index in [4.69, 9.17) is 9.84 Å². The van der Waals surface area contributed by atoms with Crippen LogP contribution in [0.3, 0.4) is 0 Å². The summed E-state index contributed by atoms with van der Waals surface area (Å²) in [7, 11) is 0. The van der Waals surface area contributed by atoms with E-state index in [-0.39, 0.29) is 53.9 Å². The summed E-state index contributed by atoms with van der Waals surface area (Å²) in [6.07, 6.45) is -1.33. The number of rotatable bonds is 5. The van der Waals surface area contributed by atoms with E-state index in [0.717, 1.165) is 17.0 Å². The summed E-state index contributed by atoms with van der Waals surface area (Å²) >= 11 is 0. The average molecular weight is 409 g/mol. The lowest BCUT2D eigenvalue weighted by atomic mass is 10.0. The zero-order valence-electron chi connectivity index (χ0n) is 15.7. The number of piperidine rings is 1. The maximum absolute atomic E-state index is 14.8. The van der Waals surface area contributed by atoms with Gasteiger partial charge in [0, 0.05) is 25.6 Å². The second-order valence-electron chi connectivity index (χ2n) is 7.69. The Morgan fingerprint density at radius 2 is 1.83 bits per heavy atom. The molecular formula is C19H21F2N3O5. The minimum Gasteiger partial charge on any atom is -0.442 e. The van der Waals surface area contributed by atoms with Crippen molar-refractivity contribution in [3.05, 3.63) is 29.3 Å². The summed E-state index contributed by atoms with van der Waals surface area (Å²) in [5.41, 5.74) is 0.0316. The van der Waals surface area contributed by atoms with Gasteiger partial charge in [0.2, 0.25) is 11.8 Å². The third-order valence-corrected chi connectivity index (χ3v) is 5.84. The molecule has 0 bridgehead atoms. The molecule has 0 radical (unpaired) electrons. The SMILES string of the molecule is CC(=O)NC[C@H]1CN(c2cc(F)c([C@H]3[C@@H]4CN(C(=O)CO)C[C@@H]43)c(F)c2)C(=O)O1. The number of fused-ring (bicyclic) bond motifs is 1. The Morgan fingerprint density at radius 1 is 1.21 bits per heavy atom. The number of aliphatic hydroxyl groups excluding tert-OH is 1. The Morgan fingerprint density at radius 3 is 2.38 bits per heavy atom. The highest BCUT2D eigenvalue weighted by atomic mass is 19.1. The molecule has 3 amide bonds. The number of halogens is 2. The van der Waals surface area contributed by atoms with E-state index in [1.165, 1.54) is 11.8 Å². The van der Waals surface area contributed by atoms with Crippen molar-refractivity contribution in [1.29, 1.82) is 0 Å². The summed E-state index contributed by atoms with van der Waals surface area (Å²) in [5, 5.41) is 11.5. The maximum Gasteiger partial charge on any atom is 0.414 e. The molecule has 156 valence electrons. The lowest BCUT2D eigenvalue weighted by Crippen LogP contribution is -2.33. The van der Waals surface area contributed by atoms with Crippen molar-refractivity contribution in [2.45, 2.75) is 18.9 Å². The van der Waals surface area contributed by atoms with Crippen molar-refractivity contribution in [3.63, 3.8) is 0 Å². The van der Waals surface area contributed by atoms with Crippen molar-refractivity contribution in [2.75, 3.05) is 37.7 Å². The van der Waals surface area contributed by atoms with Crippen LogP contribution in [-0.2, 0) is 14.3 Å². The molecule has 2 aliphatic heterocycles. The van der Waals surface area contributed by atoms with Gasteiger partial charge in [-0.3, -0.25) is 14.5 Å². The van der Waals surface area contributed by atoms with Crippen molar-refractivity contribution >= 4 is 23.6 Å². The van der Waals surface area contributed by atoms with Crippen molar-refractivity contribution in [1.82, 2.24) is 10.2 Å². The zero-order valence-corrected chi connectivity index (χ0v) is 15.7. The Hall–Kier alpha value is -2.75. The molecule has 0 spiro atoms. The standard InChI is InChI=1S/C19H21F2N3O5/c1-9(26)22-4-11-5-24(19(28)29-11)10-2-14(20)18(15(21)3-10)17-12-6-23(7-13(12)17)16(27)8-25/h2-3,11-13,17,25H,4-8H2,1H3,(H,22,26)/t11-,12-,13+,17+/m0/s1. The molecule has 3 fully saturated rings. The largest absolute Gasteiger partial charge is 0.442 e. The van der Waals surface area contributed by atoms with Crippen LogP contribution in [0.4, 0.5) is 19.3 Å². The number of anilines is 1. The summed E-state index contributed by atoms with van der Waals surface area (Å²) in [6.45, 7) is 1.71. The Balaban J connectivity index is 1.46. The first-order valence-electron chi connectivity index (χ1n) is 9.40. The average Bonchev–Trinajstić information content (AvgIpc) is 3.01.